The van der Waals surface area contributed by atoms with Gasteiger partial charge in [-0.2, -0.15) is 14.5 Å². The normalized spacial score (nSPS) is 26.4. The lowest BCUT2D eigenvalue weighted by Crippen LogP contribution is -2.65. The molecule has 4 rings (SSSR count). The molecule has 3 aromatic rings. The minimum absolute atomic E-state index is 0.0931. The van der Waals surface area contributed by atoms with E-state index in [0.717, 1.165) is 48.4 Å². The summed E-state index contributed by atoms with van der Waals surface area (Å²) in [6, 6.07) is 11.4. The van der Waals surface area contributed by atoms with Gasteiger partial charge in [-0.1, -0.05) is 18.2 Å². The number of nitrogens with one attached hydrogen (secondary N) is 1. The predicted octanol–water partition coefficient (Wildman–Crippen LogP) is 1.97. The van der Waals surface area contributed by atoms with Crippen LogP contribution in [0.15, 0.2) is 41.2 Å². The summed E-state index contributed by atoms with van der Waals surface area (Å²) in [4.78, 5) is 31.6. The summed E-state index contributed by atoms with van der Waals surface area (Å²) >= 11 is 0. The smallest absolute Gasteiger partial charge is 0.261 e. The van der Waals surface area contributed by atoms with Crippen LogP contribution >= 0.6 is 0 Å². The van der Waals surface area contributed by atoms with Gasteiger partial charge in [0.05, 0.1) is 26.8 Å². The molecule has 136 valence electrons. The van der Waals surface area contributed by atoms with Crippen molar-refractivity contribution in [2.75, 3.05) is 47.4 Å². The van der Waals surface area contributed by atoms with Gasteiger partial charge >= 0.3 is 0 Å². The zero-order valence-corrected chi connectivity index (χ0v) is 15.4. The van der Waals surface area contributed by atoms with Crippen molar-refractivity contribution in [3.8, 4) is 0 Å². The Morgan fingerprint density at radius 1 is 0.962 bits per heavy atom. The van der Waals surface area contributed by atoms with Gasteiger partial charge in [-0.15, -0.1) is 4.65 Å². The van der Waals surface area contributed by atoms with Gasteiger partial charge in [-0.25, -0.2) is 4.84 Å². The van der Waals surface area contributed by atoms with Crippen LogP contribution in [-0.4, -0.2) is 62.1 Å². The summed E-state index contributed by atoms with van der Waals surface area (Å²) in [6.45, 7) is 3.19. The highest BCUT2D eigenvalue weighted by Crippen LogP contribution is 2.29. The molecule has 0 saturated carbocycles. The van der Waals surface area contributed by atoms with Gasteiger partial charge in [-0.3, -0.25) is 4.79 Å². The van der Waals surface area contributed by atoms with Crippen molar-refractivity contribution >= 4 is 27.6 Å². The van der Waals surface area contributed by atoms with Crippen LogP contribution in [0.4, 0.5) is 5.82 Å². The first-order valence-electron chi connectivity index (χ1n) is 8.76. The number of pyridine rings is 2. The molecule has 7 heteroatoms. The second kappa shape index (κ2) is 6.14. The number of rotatable bonds is 3. The first-order chi connectivity index (χ1) is 12.5. The number of piperazine rings is 1. The second-order valence-corrected chi connectivity index (χ2v) is 7.01. The van der Waals surface area contributed by atoms with Crippen LogP contribution in [0.1, 0.15) is 0 Å². The van der Waals surface area contributed by atoms with E-state index in [1.807, 2.05) is 36.4 Å². The molecular formula is C19H24N4O3+2. The number of hydroxylamine groups is 5. The maximum atomic E-state index is 12.3. The van der Waals surface area contributed by atoms with Crippen LogP contribution in [0.25, 0.3) is 21.8 Å². The molecule has 0 radical (unpaired) electrons. The van der Waals surface area contributed by atoms with Crippen molar-refractivity contribution in [1.29, 1.82) is 0 Å². The van der Waals surface area contributed by atoms with Crippen molar-refractivity contribution in [3.63, 3.8) is 0 Å². The van der Waals surface area contributed by atoms with E-state index in [0.29, 0.717) is 14.7 Å². The Morgan fingerprint density at radius 3 is 2.31 bits per heavy atom. The summed E-state index contributed by atoms with van der Waals surface area (Å²) in [7, 11) is 5.54. The Kier molecular flexibility index (Phi) is 4.04. The van der Waals surface area contributed by atoms with Crippen molar-refractivity contribution in [1.82, 2.24) is 14.6 Å². The zero-order valence-electron chi connectivity index (χ0n) is 15.4. The Balaban J connectivity index is 1.85. The van der Waals surface area contributed by atoms with E-state index in [1.54, 1.807) is 14.2 Å². The van der Waals surface area contributed by atoms with Crippen molar-refractivity contribution in [2.45, 2.75) is 0 Å². The van der Waals surface area contributed by atoms with Gasteiger partial charge < -0.3 is 4.98 Å². The van der Waals surface area contributed by atoms with Gasteiger partial charge in [0.25, 0.3) is 11.4 Å². The van der Waals surface area contributed by atoms with Gasteiger partial charge in [0.1, 0.15) is 5.52 Å². The van der Waals surface area contributed by atoms with E-state index in [1.165, 1.54) is 0 Å². The van der Waals surface area contributed by atoms with Crippen LogP contribution in [0.5, 0.6) is 0 Å². The molecular weight excluding hydrogens is 332 g/mol. The number of nitrogens with zero attached hydrogens (tertiary/aromatic N) is 3. The standard InChI is InChI=1S/C19H23N4O3/c1-22(25-2)10-12-23(26-3,13-11-22)17-9-8-16-18(21-17)14-6-4-5-7-15(14)19(24)20-16/h4-9H,10-13H2,1-3H3/q+1/p+1. The number of hydrogen-bond donors (Lipinski definition) is 1. The Bertz CT molecular complexity index is 1020. The van der Waals surface area contributed by atoms with Crippen molar-refractivity contribution in [2.24, 2.45) is 0 Å². The lowest BCUT2D eigenvalue weighted by Gasteiger charge is -2.41. The third-order valence-corrected chi connectivity index (χ3v) is 5.63. The first kappa shape index (κ1) is 17.1. The fourth-order valence-corrected chi connectivity index (χ4v) is 3.72. The number of aromatic nitrogens is 2. The molecule has 26 heavy (non-hydrogen) atoms. The number of H-pyrrole nitrogens is 1. The molecule has 1 aromatic carbocycles. The van der Waals surface area contributed by atoms with E-state index in [9.17, 15) is 4.79 Å². The lowest BCUT2D eigenvalue weighted by molar-refractivity contribution is -1.09. The van der Waals surface area contributed by atoms with E-state index in [-0.39, 0.29) is 5.56 Å². The molecule has 1 saturated heterocycles. The SMILES string of the molecule is CO[N+]1(C)CC[N+](OC)(c2ccc3[nH]c(=O)c4ccccc4c3n2)CC1. The van der Waals surface area contributed by atoms with E-state index < -0.39 is 0 Å². The number of fused-ring (bicyclic) bond motifs is 3. The van der Waals surface area contributed by atoms with Crippen LogP contribution in [-0.2, 0) is 9.68 Å². The summed E-state index contributed by atoms with van der Waals surface area (Å²) in [5, 5.41) is 1.51. The van der Waals surface area contributed by atoms with Crippen molar-refractivity contribution in [3.05, 3.63) is 46.8 Å². The van der Waals surface area contributed by atoms with Gasteiger partial charge in [0.15, 0.2) is 26.2 Å². The number of aromatic amines is 1. The molecule has 1 fully saturated rings. The number of likely N-dealkylation sites (N-methyl/N-ethyl adjacent to an activating group) is 1. The fraction of sp³-hybridized carbons (Fsp3) is 0.368. The van der Waals surface area contributed by atoms with Crippen LogP contribution in [0, 0.1) is 0 Å². The van der Waals surface area contributed by atoms with Gasteiger partial charge in [0.2, 0.25) is 0 Å². The minimum Gasteiger partial charge on any atom is -0.320 e. The summed E-state index contributed by atoms with van der Waals surface area (Å²) in [5.74, 6) is 0.847. The summed E-state index contributed by atoms with van der Waals surface area (Å²) in [5.41, 5.74) is 1.44. The average Bonchev–Trinajstić information content (AvgIpc) is 2.69. The number of hydrogen-bond acceptors (Lipinski definition) is 4. The number of benzene rings is 1. The van der Waals surface area contributed by atoms with Crippen LogP contribution in [0.2, 0.25) is 0 Å². The third-order valence-electron chi connectivity index (χ3n) is 5.63. The average molecular weight is 356 g/mol. The van der Waals surface area contributed by atoms with E-state index in [2.05, 4.69) is 12.0 Å². The predicted molar refractivity (Wildman–Crippen MR) is 101 cm³/mol. The highest BCUT2D eigenvalue weighted by Gasteiger charge is 2.45. The molecule has 3 heterocycles. The Hall–Kier alpha value is -2.32. The third kappa shape index (κ3) is 2.60. The monoisotopic (exact) mass is 356 g/mol. The maximum Gasteiger partial charge on any atom is 0.261 e. The van der Waals surface area contributed by atoms with E-state index >= 15 is 0 Å². The quantitative estimate of drug-likeness (QED) is 0.576. The molecule has 1 N–H and O–H groups in total. The largest absolute Gasteiger partial charge is 0.320 e. The maximum absolute atomic E-state index is 12.3. The topological polar surface area (TPSA) is 64.2 Å². The Morgan fingerprint density at radius 2 is 1.65 bits per heavy atom. The van der Waals surface area contributed by atoms with Gasteiger partial charge in [0, 0.05) is 16.8 Å². The molecule has 0 atom stereocenters. The van der Waals surface area contributed by atoms with Crippen LogP contribution in [0.3, 0.4) is 0 Å². The van der Waals surface area contributed by atoms with E-state index in [4.69, 9.17) is 14.7 Å². The van der Waals surface area contributed by atoms with Crippen molar-refractivity contribution < 1.29 is 14.3 Å². The summed E-state index contributed by atoms with van der Waals surface area (Å²) < 4.78 is 0.911. The highest BCUT2D eigenvalue weighted by molar-refractivity contribution is 6.03. The van der Waals surface area contributed by atoms with Gasteiger partial charge in [-0.05, 0) is 12.1 Å². The van der Waals surface area contributed by atoms with Crippen LogP contribution < -0.4 is 10.2 Å². The molecule has 0 spiro atoms. The summed E-state index contributed by atoms with van der Waals surface area (Å²) in [6.07, 6.45) is 0. The first-order valence-corrected chi connectivity index (χ1v) is 8.76. The molecule has 0 bridgehead atoms. The Labute approximate surface area is 151 Å². The lowest BCUT2D eigenvalue weighted by atomic mass is 10.1. The minimum atomic E-state index is -0.0931. The second-order valence-electron chi connectivity index (χ2n) is 7.01. The molecule has 0 aliphatic carbocycles. The fourth-order valence-electron chi connectivity index (χ4n) is 3.72. The molecule has 0 amide bonds. The molecule has 0 unspecified atom stereocenters. The zero-order chi connectivity index (χ0) is 18.4. The molecule has 7 nitrogen and oxygen atoms in total. The highest BCUT2D eigenvalue weighted by atomic mass is 16.7. The number of quaternary nitrogens is 2. The molecule has 1 aliphatic heterocycles. The molecule has 2 aromatic heterocycles. The molecule has 1 aliphatic rings.